The molecule has 0 saturated carbocycles. The van der Waals surface area contributed by atoms with Crippen molar-refractivity contribution in [2.75, 3.05) is 33.4 Å². The Kier molecular flexibility index (Phi) is 31.5. The first-order chi connectivity index (χ1) is 51.1. The molecule has 0 spiro atoms. The summed E-state index contributed by atoms with van der Waals surface area (Å²) in [5, 5.41) is 73.0. The first-order valence-corrected chi connectivity index (χ1v) is 35.0. The number of carbonyl (C=O) groups excluding carboxylic acids is 11. The molecular formula is C74H96FN13O20. The third-order valence-corrected chi connectivity index (χ3v) is 18.3. The number of H-pyrrole nitrogens is 1. The number of hydrogen-bond donors (Lipinski definition) is 16. The maximum atomic E-state index is 15.5. The number of aromatic nitrogens is 2. The number of amides is 11. The van der Waals surface area contributed by atoms with E-state index in [0.717, 1.165) is 54.7 Å². The van der Waals surface area contributed by atoms with E-state index in [0.29, 0.717) is 35.6 Å². The van der Waals surface area contributed by atoms with Crippen molar-refractivity contribution in [3.05, 3.63) is 137 Å². The maximum absolute atomic E-state index is 15.5. The van der Waals surface area contributed by atoms with E-state index >= 15 is 4.39 Å². The van der Waals surface area contributed by atoms with Crippen LogP contribution in [0.4, 0.5) is 4.39 Å². The Bertz CT molecular complexity index is 4050. The Labute approximate surface area is 622 Å². The van der Waals surface area contributed by atoms with E-state index in [1.807, 2.05) is 45.0 Å². The molecule has 1 fully saturated rings. The van der Waals surface area contributed by atoms with Crippen LogP contribution in [0.1, 0.15) is 113 Å². The predicted molar refractivity (Wildman–Crippen MR) is 386 cm³/mol. The number of ether oxygens (including phenoxy) is 2. The highest BCUT2D eigenvalue weighted by atomic mass is 19.1. The number of nitrogens with zero attached hydrogens (tertiary/aromatic N) is 2. The summed E-state index contributed by atoms with van der Waals surface area (Å²) < 4.78 is 26.8. The van der Waals surface area contributed by atoms with Gasteiger partial charge in [0.05, 0.1) is 57.5 Å². The Morgan fingerprint density at radius 2 is 1.37 bits per heavy atom. The smallest absolute Gasteiger partial charge is 0.305 e. The van der Waals surface area contributed by atoms with E-state index in [9.17, 15) is 87.9 Å². The molecule has 2 heterocycles. The van der Waals surface area contributed by atoms with Gasteiger partial charge in [0.25, 0.3) is 0 Å². The van der Waals surface area contributed by atoms with Crippen LogP contribution in [0.3, 0.4) is 0 Å². The number of aliphatic carboxylic acids is 2. The number of carboxylic acid groups (broad SMARTS) is 2. The Morgan fingerprint density at radius 1 is 0.722 bits per heavy atom. The first kappa shape index (κ1) is 85.5. The topological polar surface area (TPSA) is 508 Å². The zero-order valence-corrected chi connectivity index (χ0v) is 61.2. The van der Waals surface area contributed by atoms with Crippen molar-refractivity contribution in [3.8, 4) is 22.6 Å². The van der Waals surface area contributed by atoms with Crippen LogP contribution in [0.5, 0.6) is 11.5 Å². The molecule has 0 unspecified atom stereocenters. The monoisotopic (exact) mass is 1510 g/mol. The lowest BCUT2D eigenvalue weighted by Gasteiger charge is -2.35. The van der Waals surface area contributed by atoms with Crippen molar-refractivity contribution in [2.45, 2.75) is 185 Å². The van der Waals surface area contributed by atoms with Gasteiger partial charge in [-0.1, -0.05) is 73.2 Å². The summed E-state index contributed by atoms with van der Waals surface area (Å²) in [5.74, 6) is -14.9. The molecule has 0 bridgehead atoms. The number of hydrogen-bond acceptors (Lipinski definition) is 19. The van der Waals surface area contributed by atoms with Crippen LogP contribution >= 0.6 is 0 Å². The summed E-state index contributed by atoms with van der Waals surface area (Å²) >= 11 is 0. The third kappa shape index (κ3) is 24.3. The number of carbonyl (C=O) groups is 13. The summed E-state index contributed by atoms with van der Waals surface area (Å²) in [4.78, 5) is 186. The van der Waals surface area contributed by atoms with Gasteiger partial charge < -0.3 is 98.5 Å². The van der Waals surface area contributed by atoms with Gasteiger partial charge in [-0.05, 0) is 131 Å². The normalized spacial score (nSPS) is 16.3. The Morgan fingerprint density at radius 3 is 1.98 bits per heavy atom. The lowest BCUT2D eigenvalue weighted by atomic mass is 9.90. The van der Waals surface area contributed by atoms with Crippen molar-refractivity contribution in [1.29, 1.82) is 0 Å². The number of primary amides is 1. The number of carboxylic acids is 2. The fourth-order valence-electron chi connectivity index (χ4n) is 12.2. The van der Waals surface area contributed by atoms with Gasteiger partial charge in [0.2, 0.25) is 65.0 Å². The van der Waals surface area contributed by atoms with Crippen molar-refractivity contribution < 1.29 is 102 Å². The van der Waals surface area contributed by atoms with Gasteiger partial charge in [0.15, 0.2) is 0 Å². The number of methoxy groups -OCH3 is 1. The molecular weight excluding hydrogens is 1410 g/mol. The van der Waals surface area contributed by atoms with E-state index < -0.39 is 181 Å². The SMILES string of the molecule is CCc1cc(OC)ccc1-c1ccc(C[C@H](NC(=O)[C@H](CC(=O)O)NC(=O)[C@H](CO)NC(=O)[C@@H](NC(=O)[C@](C)(Cc2ccccc2F)NC(=O)[C@@H](NC(=O)CNC(=O)[C@H](CCC(=O)O)NC(=O)[C@]2(C)CCCN2C(=O)CCc2c[nH]cn2)[C@@H](C)O)[C@@H](C)O)C(=O)N[C@@H](CCOc2ccc(C)cc2C)C(N)=O)cc1. The lowest BCUT2D eigenvalue weighted by Crippen LogP contribution is -2.67. The highest BCUT2D eigenvalue weighted by molar-refractivity contribution is 6.01. The van der Waals surface area contributed by atoms with Crippen LogP contribution in [-0.4, -0.2) is 216 Å². The van der Waals surface area contributed by atoms with Gasteiger partial charge in [-0.25, -0.2) is 9.37 Å². The number of nitrogens with one attached hydrogen (secondary N) is 10. The van der Waals surface area contributed by atoms with Crippen LogP contribution in [0.25, 0.3) is 11.1 Å². The molecule has 0 aliphatic carbocycles. The number of aliphatic hydroxyl groups is 3. The molecule has 5 aromatic rings. The number of likely N-dealkylation sites (tertiary alicyclic amines) is 1. The summed E-state index contributed by atoms with van der Waals surface area (Å²) in [6.07, 6.45) is -2.58. The molecule has 17 N–H and O–H groups in total. The molecule has 4 aromatic carbocycles. The van der Waals surface area contributed by atoms with Gasteiger partial charge in [0, 0.05) is 44.8 Å². The van der Waals surface area contributed by atoms with E-state index in [-0.39, 0.29) is 56.7 Å². The standard InChI is InChI=1S/C74H96FN13O20/c1-9-45-33-49(107-8)21-22-50(45)46-18-16-44(17-19-46)32-54(66(100)80-52(64(76)98)27-30-108-57-24-15-40(2)31-41(57)3)81-67(101)55(34-61(96)97)82-68(102)56(38-89)83-69(103)62(42(4)90)86-71(105)73(6,35-47-13-10-11-14-51(47)75)87-70(104)63(43(5)91)85-58(92)37-78-65(99)53(23-26-60(94)95)84-72(106)74(7)28-12-29-88(74)59(93)25-20-48-36-77-39-79-48/h10-11,13-19,21-22,24,31,33,36,39,42-43,52-56,62-63,89-91H,9,12,20,23,25-30,32,34-35,37-38H2,1-8H3,(H2,76,98)(H,77,79)(H,78,99)(H,80,100)(H,81,101)(H,82,102)(H,83,103)(H,84,106)(H,85,92)(H,86,105)(H,87,104)(H,94,95)(H,96,97)/t42-,43-,52+,53+,54+,55+,56+,62+,63+,73+,74+/m1/s1. The van der Waals surface area contributed by atoms with Crippen molar-refractivity contribution in [2.24, 2.45) is 5.73 Å². The molecule has 33 nitrogen and oxygen atoms in total. The van der Waals surface area contributed by atoms with Crippen LogP contribution in [0, 0.1) is 19.7 Å². The van der Waals surface area contributed by atoms with E-state index in [2.05, 4.69) is 57.8 Å². The zero-order chi connectivity index (χ0) is 79.7. The highest BCUT2D eigenvalue weighted by Crippen LogP contribution is 2.32. The number of halogens is 1. The van der Waals surface area contributed by atoms with E-state index in [4.69, 9.17) is 15.2 Å². The number of benzene rings is 4. The van der Waals surface area contributed by atoms with Crippen LogP contribution < -0.4 is 63.1 Å². The van der Waals surface area contributed by atoms with Crippen molar-refractivity contribution >= 4 is 76.9 Å². The second kappa shape index (κ2) is 39.8. The second-order valence-corrected chi connectivity index (χ2v) is 26.8. The van der Waals surface area contributed by atoms with Gasteiger partial charge in [0.1, 0.15) is 70.7 Å². The van der Waals surface area contributed by atoms with E-state index in [1.165, 1.54) is 36.4 Å². The second-order valence-electron chi connectivity index (χ2n) is 26.8. The molecule has 1 saturated heterocycles. The molecule has 1 aliphatic heterocycles. The fourth-order valence-corrected chi connectivity index (χ4v) is 12.2. The fraction of sp³-hybridized carbons (Fsp3) is 0.459. The van der Waals surface area contributed by atoms with Gasteiger partial charge in [-0.3, -0.25) is 62.3 Å². The number of imidazole rings is 1. The van der Waals surface area contributed by atoms with Gasteiger partial charge in [-0.2, -0.15) is 0 Å². The number of rotatable bonds is 41. The Hall–Kier alpha value is -11.4. The molecule has 0 radical (unpaired) electrons. The van der Waals surface area contributed by atoms with Gasteiger partial charge >= 0.3 is 11.9 Å². The van der Waals surface area contributed by atoms with Gasteiger partial charge in [-0.15, -0.1) is 0 Å². The molecule has 108 heavy (non-hydrogen) atoms. The van der Waals surface area contributed by atoms with Crippen molar-refractivity contribution in [1.82, 2.24) is 62.7 Å². The number of aliphatic hydroxyl groups excluding tert-OH is 3. The zero-order valence-electron chi connectivity index (χ0n) is 61.2. The highest BCUT2D eigenvalue weighted by Gasteiger charge is 2.47. The predicted octanol–water partition coefficient (Wildman–Crippen LogP) is -0.365. The minimum Gasteiger partial charge on any atom is -0.497 e. The summed E-state index contributed by atoms with van der Waals surface area (Å²) in [6, 6.07) is 9.94. The molecule has 11 atom stereocenters. The van der Waals surface area contributed by atoms with Crippen LogP contribution in [0.2, 0.25) is 0 Å². The largest absolute Gasteiger partial charge is 0.497 e. The molecule has 1 aromatic heterocycles. The summed E-state index contributed by atoms with van der Waals surface area (Å²) in [7, 11) is 1.54. The molecule has 34 heteroatoms. The molecule has 584 valence electrons. The molecule has 11 amide bonds. The average molecular weight is 1510 g/mol. The lowest BCUT2D eigenvalue weighted by molar-refractivity contribution is -0.145. The average Bonchev–Trinajstić information content (AvgIpc) is 1.40. The number of nitrogens with two attached hydrogens (primary N) is 1. The van der Waals surface area contributed by atoms with Crippen molar-refractivity contribution in [3.63, 3.8) is 0 Å². The Balaban J connectivity index is 1.16. The molecule has 6 rings (SSSR count). The summed E-state index contributed by atoms with van der Waals surface area (Å²) in [6.45, 7) is 8.14. The minimum atomic E-state index is -2.42. The minimum absolute atomic E-state index is 0.00147. The molecule has 1 aliphatic rings. The summed E-state index contributed by atoms with van der Waals surface area (Å²) in [5.41, 5.74) is 7.12. The third-order valence-electron chi connectivity index (χ3n) is 18.3. The number of aryl methyl sites for hydroxylation is 4. The van der Waals surface area contributed by atoms with Crippen LogP contribution in [0.15, 0.2) is 97.5 Å². The maximum Gasteiger partial charge on any atom is 0.305 e. The quantitative estimate of drug-likeness (QED) is 0.0237. The van der Waals surface area contributed by atoms with Crippen LogP contribution in [-0.2, 0) is 88.0 Å². The van der Waals surface area contributed by atoms with E-state index in [1.54, 1.807) is 49.7 Å². The first-order valence-electron chi connectivity index (χ1n) is 35.0. The number of aromatic amines is 1.